The van der Waals surface area contributed by atoms with Gasteiger partial charge in [0.15, 0.2) is 0 Å². The second kappa shape index (κ2) is 7.94. The third kappa shape index (κ3) is 5.68. The van der Waals surface area contributed by atoms with Crippen LogP contribution in [0.2, 0.25) is 0 Å². The molecule has 1 fully saturated rings. The highest BCUT2D eigenvalue weighted by atomic mass is 16.6. The van der Waals surface area contributed by atoms with Gasteiger partial charge >= 0.3 is 6.09 Å². The zero-order valence-electron chi connectivity index (χ0n) is 14.5. The van der Waals surface area contributed by atoms with E-state index in [1.165, 1.54) is 0 Å². The highest BCUT2D eigenvalue weighted by Crippen LogP contribution is 2.10. The zero-order valence-corrected chi connectivity index (χ0v) is 14.5. The molecule has 2 rings (SSSR count). The Morgan fingerprint density at radius 2 is 1.79 bits per heavy atom. The Morgan fingerprint density at radius 3 is 2.38 bits per heavy atom. The van der Waals surface area contributed by atoms with Gasteiger partial charge in [0, 0.05) is 51.5 Å². The first kappa shape index (κ1) is 18.0. The molecule has 8 heteroatoms. The molecule has 0 aliphatic carbocycles. The minimum atomic E-state index is -0.538. The lowest BCUT2D eigenvalue weighted by atomic mass is 10.2. The van der Waals surface area contributed by atoms with Crippen LogP contribution < -0.4 is 10.2 Å². The van der Waals surface area contributed by atoms with Gasteiger partial charge in [-0.15, -0.1) is 0 Å². The Morgan fingerprint density at radius 1 is 1.17 bits per heavy atom. The number of hydrogen-bond acceptors (Lipinski definition) is 6. The number of piperazine rings is 1. The molecular formula is C16H25N5O3. The lowest BCUT2D eigenvalue weighted by molar-refractivity contribution is -0.131. The quantitative estimate of drug-likeness (QED) is 0.884. The van der Waals surface area contributed by atoms with Crippen LogP contribution in [0.15, 0.2) is 18.5 Å². The molecule has 1 aromatic rings. The summed E-state index contributed by atoms with van der Waals surface area (Å²) in [5.74, 6) is 0.718. The zero-order chi connectivity index (χ0) is 17.6. The van der Waals surface area contributed by atoms with Gasteiger partial charge in [-0.05, 0) is 26.8 Å². The summed E-state index contributed by atoms with van der Waals surface area (Å²) < 4.78 is 5.13. The summed E-state index contributed by atoms with van der Waals surface area (Å²) in [7, 11) is 0. The van der Waals surface area contributed by atoms with E-state index in [1.807, 2.05) is 0 Å². The molecule has 0 bridgehead atoms. The Kier molecular flexibility index (Phi) is 5.94. The molecule has 0 saturated carbocycles. The van der Waals surface area contributed by atoms with Crippen LogP contribution in [0.4, 0.5) is 10.7 Å². The van der Waals surface area contributed by atoms with E-state index >= 15 is 0 Å². The fourth-order valence-corrected chi connectivity index (χ4v) is 2.35. The van der Waals surface area contributed by atoms with E-state index < -0.39 is 11.7 Å². The van der Waals surface area contributed by atoms with Gasteiger partial charge in [0.1, 0.15) is 5.60 Å². The van der Waals surface area contributed by atoms with Crippen molar-refractivity contribution in [3.05, 3.63) is 18.5 Å². The third-order valence-corrected chi connectivity index (χ3v) is 3.47. The van der Waals surface area contributed by atoms with Crippen LogP contribution in [-0.2, 0) is 9.53 Å². The standard InChI is InChI=1S/C16H25N5O3/c1-16(2,3)24-15(23)19-8-5-13(22)20-9-11-21(12-10-20)14-17-6-4-7-18-14/h4,6-7H,5,8-12H2,1-3H3,(H,19,23). The van der Waals surface area contributed by atoms with Crippen LogP contribution in [-0.4, -0.2) is 65.2 Å². The molecule has 1 N–H and O–H groups in total. The smallest absolute Gasteiger partial charge is 0.407 e. The van der Waals surface area contributed by atoms with Crippen molar-refractivity contribution in [1.29, 1.82) is 0 Å². The van der Waals surface area contributed by atoms with Gasteiger partial charge in [-0.1, -0.05) is 0 Å². The van der Waals surface area contributed by atoms with Crippen LogP contribution in [0.3, 0.4) is 0 Å². The van der Waals surface area contributed by atoms with Crippen molar-refractivity contribution in [3.8, 4) is 0 Å². The van der Waals surface area contributed by atoms with Crippen molar-refractivity contribution in [3.63, 3.8) is 0 Å². The Hall–Kier alpha value is -2.38. The highest BCUT2D eigenvalue weighted by molar-refractivity contribution is 5.77. The molecule has 24 heavy (non-hydrogen) atoms. The first-order valence-electron chi connectivity index (χ1n) is 8.12. The van der Waals surface area contributed by atoms with Crippen LogP contribution >= 0.6 is 0 Å². The summed E-state index contributed by atoms with van der Waals surface area (Å²) >= 11 is 0. The van der Waals surface area contributed by atoms with Crippen LogP contribution in [0.5, 0.6) is 0 Å². The van der Waals surface area contributed by atoms with E-state index in [0.717, 1.165) is 0 Å². The van der Waals surface area contributed by atoms with Crippen molar-refractivity contribution in [2.45, 2.75) is 32.8 Å². The van der Waals surface area contributed by atoms with Gasteiger partial charge < -0.3 is 19.9 Å². The van der Waals surface area contributed by atoms with E-state index in [-0.39, 0.29) is 18.9 Å². The number of hydrogen-bond donors (Lipinski definition) is 1. The van der Waals surface area contributed by atoms with Gasteiger partial charge in [0.25, 0.3) is 0 Å². The summed E-state index contributed by atoms with van der Waals surface area (Å²) in [4.78, 5) is 36.0. The first-order valence-corrected chi connectivity index (χ1v) is 8.12. The summed E-state index contributed by atoms with van der Waals surface area (Å²) in [5, 5.41) is 2.60. The molecule has 0 spiro atoms. The van der Waals surface area contributed by atoms with Crippen molar-refractivity contribution in [2.75, 3.05) is 37.6 Å². The Bertz CT molecular complexity index is 551. The maximum atomic E-state index is 12.2. The number of carbonyl (C=O) groups is 2. The summed E-state index contributed by atoms with van der Waals surface area (Å²) in [6, 6.07) is 1.78. The lowest BCUT2D eigenvalue weighted by Gasteiger charge is -2.34. The molecule has 0 unspecified atom stereocenters. The number of ether oxygens (including phenoxy) is 1. The molecule has 1 aromatic heterocycles. The van der Waals surface area contributed by atoms with Gasteiger partial charge in [-0.2, -0.15) is 0 Å². The summed E-state index contributed by atoms with van der Waals surface area (Å²) in [6.45, 7) is 8.34. The second-order valence-electron chi connectivity index (χ2n) is 6.60. The fourth-order valence-electron chi connectivity index (χ4n) is 2.35. The largest absolute Gasteiger partial charge is 0.444 e. The highest BCUT2D eigenvalue weighted by Gasteiger charge is 2.22. The van der Waals surface area contributed by atoms with Gasteiger partial charge in [0.2, 0.25) is 11.9 Å². The van der Waals surface area contributed by atoms with Crippen LogP contribution in [0, 0.1) is 0 Å². The van der Waals surface area contributed by atoms with Crippen molar-refractivity contribution in [1.82, 2.24) is 20.2 Å². The molecule has 0 atom stereocenters. The molecule has 1 aliphatic rings. The molecular weight excluding hydrogens is 310 g/mol. The van der Waals surface area contributed by atoms with E-state index in [1.54, 1.807) is 44.1 Å². The van der Waals surface area contributed by atoms with Gasteiger partial charge in [-0.3, -0.25) is 4.79 Å². The Labute approximate surface area is 142 Å². The topological polar surface area (TPSA) is 87.7 Å². The van der Waals surface area contributed by atoms with E-state index in [2.05, 4.69) is 20.2 Å². The molecule has 132 valence electrons. The van der Waals surface area contributed by atoms with Crippen molar-refractivity contribution < 1.29 is 14.3 Å². The fraction of sp³-hybridized carbons (Fsp3) is 0.625. The van der Waals surface area contributed by atoms with Gasteiger partial charge in [0.05, 0.1) is 0 Å². The predicted octanol–water partition coefficient (Wildman–Crippen LogP) is 1.04. The normalized spacial score (nSPS) is 15.1. The SMILES string of the molecule is CC(C)(C)OC(=O)NCCC(=O)N1CCN(c2ncccn2)CC1. The van der Waals surface area contributed by atoms with Crippen LogP contribution in [0.1, 0.15) is 27.2 Å². The Balaban J connectivity index is 1.69. The maximum absolute atomic E-state index is 12.2. The molecule has 0 aromatic carbocycles. The summed E-state index contributed by atoms with van der Waals surface area (Å²) in [5.41, 5.74) is -0.538. The van der Waals surface area contributed by atoms with E-state index in [9.17, 15) is 9.59 Å². The first-order chi connectivity index (χ1) is 11.3. The number of nitrogens with one attached hydrogen (secondary N) is 1. The van der Waals surface area contributed by atoms with Crippen LogP contribution in [0.25, 0.3) is 0 Å². The molecule has 1 aliphatic heterocycles. The average molecular weight is 335 g/mol. The monoisotopic (exact) mass is 335 g/mol. The van der Waals surface area contributed by atoms with Crippen molar-refractivity contribution in [2.24, 2.45) is 0 Å². The number of aromatic nitrogens is 2. The number of nitrogens with zero attached hydrogens (tertiary/aromatic N) is 4. The average Bonchev–Trinajstić information content (AvgIpc) is 2.54. The minimum absolute atomic E-state index is 0.0275. The third-order valence-electron chi connectivity index (χ3n) is 3.47. The number of anilines is 1. The molecule has 0 radical (unpaired) electrons. The van der Waals surface area contributed by atoms with E-state index in [4.69, 9.17) is 4.74 Å². The predicted molar refractivity (Wildman–Crippen MR) is 89.7 cm³/mol. The molecule has 8 nitrogen and oxygen atoms in total. The molecule has 2 heterocycles. The number of rotatable bonds is 4. The van der Waals surface area contributed by atoms with Crippen molar-refractivity contribution >= 4 is 17.9 Å². The maximum Gasteiger partial charge on any atom is 0.407 e. The summed E-state index contributed by atoms with van der Waals surface area (Å²) in [6.07, 6.45) is 3.19. The lowest BCUT2D eigenvalue weighted by Crippen LogP contribution is -2.49. The number of carbonyl (C=O) groups excluding carboxylic acids is 2. The number of amides is 2. The van der Waals surface area contributed by atoms with Gasteiger partial charge in [-0.25, -0.2) is 14.8 Å². The van der Waals surface area contributed by atoms with E-state index in [0.29, 0.717) is 32.1 Å². The second-order valence-corrected chi connectivity index (χ2v) is 6.60. The molecule has 2 amide bonds. The number of alkyl carbamates (subject to hydrolysis) is 1. The molecule has 1 saturated heterocycles. The minimum Gasteiger partial charge on any atom is -0.444 e.